The molecule has 1 aromatic rings. The summed E-state index contributed by atoms with van der Waals surface area (Å²) in [7, 11) is -5.97. The number of Topliss-reactive ketones (excluding diaryl/α,β-unsaturated/α-hetero) is 1. The van der Waals surface area contributed by atoms with Crippen molar-refractivity contribution in [3.63, 3.8) is 0 Å². The van der Waals surface area contributed by atoms with Crippen molar-refractivity contribution in [3.8, 4) is 0 Å². The van der Waals surface area contributed by atoms with Crippen LogP contribution in [0.3, 0.4) is 0 Å². The number of ketones is 1. The summed E-state index contributed by atoms with van der Waals surface area (Å²) >= 11 is 0. The number of imide groups is 2. The monoisotopic (exact) mass is 742 g/mol. The summed E-state index contributed by atoms with van der Waals surface area (Å²) in [4.78, 5) is 61.0. The molecule has 50 heavy (non-hydrogen) atoms. The van der Waals surface area contributed by atoms with Crippen LogP contribution in [0, 0.1) is 0 Å². The molecule has 0 radical (unpaired) electrons. The van der Waals surface area contributed by atoms with Crippen LogP contribution in [0.15, 0.2) is 24.3 Å². The summed E-state index contributed by atoms with van der Waals surface area (Å²) in [5, 5.41) is 0. The third kappa shape index (κ3) is 13.8. The minimum absolute atomic E-state index is 0.114. The lowest BCUT2D eigenvalue weighted by Gasteiger charge is -2.36. The Labute approximate surface area is 302 Å². The van der Waals surface area contributed by atoms with Gasteiger partial charge >= 0.3 is 17.6 Å². The molecule has 0 aliphatic carbocycles. The van der Waals surface area contributed by atoms with Crippen LogP contribution in [0.25, 0.3) is 0 Å². The van der Waals surface area contributed by atoms with E-state index < -0.39 is 23.3 Å². The SMILES string of the molecule is CC.CCCC(C)=O.CCO[Si](CCN1C(=O)CCC1=O)(OCC)OCC.CCO[Si](OCC)(OCC)C(C)N1C(=O)c2ccccc2C1=O. The Bertz CT molecular complexity index is 1120. The van der Waals surface area contributed by atoms with Crippen molar-refractivity contribution in [3.05, 3.63) is 35.4 Å². The van der Waals surface area contributed by atoms with E-state index in [0.29, 0.717) is 76.2 Å². The van der Waals surface area contributed by atoms with Gasteiger partial charge in [-0.3, -0.25) is 29.0 Å². The first-order valence-corrected chi connectivity index (χ1v) is 21.7. The molecule has 1 unspecified atom stereocenters. The van der Waals surface area contributed by atoms with E-state index in [-0.39, 0.29) is 29.4 Å². The van der Waals surface area contributed by atoms with E-state index in [2.05, 4.69) is 0 Å². The van der Waals surface area contributed by atoms with Crippen LogP contribution in [-0.4, -0.2) is 109 Å². The standard InChI is InChI=1S/C16H23NO5Si.C12H23NO5Si.C5H10O.C2H6/c1-5-20-23(21-6-2,22-7-3)12(4)17-15(18)13-10-8-9-11-14(13)16(17)19;1-4-16-19(17-5-2,18-6-3)10-9-13-11(14)7-8-12(13)15;1-3-4-5(2)6;1-2/h8-12H,5-7H2,1-4H3;4-10H2,1-3H3;3-4H2,1-2H3;1-2H3. The third-order valence-corrected chi connectivity index (χ3v) is 13.6. The zero-order valence-corrected chi connectivity index (χ0v) is 34.3. The predicted octanol–water partition coefficient (Wildman–Crippen LogP) is 5.84. The Morgan fingerprint density at radius 3 is 1.38 bits per heavy atom. The van der Waals surface area contributed by atoms with Gasteiger partial charge in [0, 0.05) is 71.5 Å². The van der Waals surface area contributed by atoms with Gasteiger partial charge in [-0.15, -0.1) is 0 Å². The molecule has 4 amide bonds. The van der Waals surface area contributed by atoms with Gasteiger partial charge in [0.05, 0.1) is 11.1 Å². The Morgan fingerprint density at radius 1 is 0.700 bits per heavy atom. The van der Waals surface area contributed by atoms with Gasteiger partial charge in [0.2, 0.25) is 11.8 Å². The number of fused-ring (bicyclic) bond motifs is 1. The summed E-state index contributed by atoms with van der Waals surface area (Å²) in [6.07, 6.45) is 2.34. The second kappa shape index (κ2) is 25.3. The smallest absolute Gasteiger partial charge is 0.374 e. The lowest BCUT2D eigenvalue weighted by molar-refractivity contribution is -0.138. The van der Waals surface area contributed by atoms with Crippen LogP contribution in [-0.2, 0) is 40.9 Å². The molecule has 286 valence electrons. The van der Waals surface area contributed by atoms with Gasteiger partial charge in [0.1, 0.15) is 11.4 Å². The predicted molar refractivity (Wildman–Crippen MR) is 195 cm³/mol. The Hall–Kier alpha value is -2.64. The van der Waals surface area contributed by atoms with Crippen molar-refractivity contribution in [2.75, 3.05) is 46.2 Å². The molecule has 2 heterocycles. The first-order chi connectivity index (χ1) is 23.9. The molecular formula is C35H62N2O11Si2. The van der Waals surface area contributed by atoms with Gasteiger partial charge in [0.25, 0.3) is 11.8 Å². The molecule has 1 fully saturated rings. The van der Waals surface area contributed by atoms with Crippen LogP contribution in [0.2, 0.25) is 6.04 Å². The second-order valence-electron chi connectivity index (χ2n) is 10.7. The van der Waals surface area contributed by atoms with Crippen molar-refractivity contribution in [2.45, 2.75) is 114 Å². The van der Waals surface area contributed by atoms with E-state index in [1.165, 1.54) is 9.80 Å². The highest BCUT2D eigenvalue weighted by atomic mass is 28.4. The van der Waals surface area contributed by atoms with Crippen LogP contribution in [0.1, 0.15) is 123 Å². The molecule has 1 atom stereocenters. The number of carbonyl (C=O) groups is 5. The lowest BCUT2D eigenvalue weighted by Crippen LogP contribution is -2.63. The van der Waals surface area contributed by atoms with Crippen molar-refractivity contribution >= 4 is 47.0 Å². The molecule has 2 aliphatic heterocycles. The number of nitrogens with zero attached hydrogens (tertiary/aromatic N) is 2. The van der Waals surface area contributed by atoms with Gasteiger partial charge in [-0.2, -0.15) is 0 Å². The molecule has 15 heteroatoms. The van der Waals surface area contributed by atoms with E-state index in [9.17, 15) is 24.0 Å². The number of hydrogen-bond acceptors (Lipinski definition) is 11. The molecule has 0 aromatic heterocycles. The van der Waals surface area contributed by atoms with Crippen LogP contribution < -0.4 is 0 Å². The Kier molecular flexibility index (Phi) is 24.0. The van der Waals surface area contributed by atoms with Crippen molar-refractivity contribution < 1.29 is 50.5 Å². The molecule has 1 aromatic carbocycles. The van der Waals surface area contributed by atoms with Crippen molar-refractivity contribution in [1.29, 1.82) is 0 Å². The maximum atomic E-state index is 12.7. The van der Waals surface area contributed by atoms with Gasteiger partial charge in [-0.1, -0.05) is 32.9 Å². The lowest BCUT2D eigenvalue weighted by atomic mass is 10.1. The molecule has 2 aliphatic rings. The quantitative estimate of drug-likeness (QED) is 0.124. The molecule has 0 spiro atoms. The fraction of sp³-hybridized carbons (Fsp3) is 0.686. The number of hydrogen-bond donors (Lipinski definition) is 0. The summed E-state index contributed by atoms with van der Waals surface area (Å²) in [6.45, 7) is 23.5. The average Bonchev–Trinajstić information content (AvgIpc) is 3.54. The first kappa shape index (κ1) is 47.4. The Morgan fingerprint density at radius 2 is 1.08 bits per heavy atom. The number of rotatable bonds is 19. The summed E-state index contributed by atoms with van der Waals surface area (Å²) in [5.74, 6) is -0.588. The van der Waals surface area contributed by atoms with E-state index >= 15 is 0 Å². The van der Waals surface area contributed by atoms with E-state index in [1.807, 2.05) is 62.3 Å². The molecule has 13 nitrogen and oxygen atoms in total. The third-order valence-electron chi connectivity index (χ3n) is 7.25. The maximum Gasteiger partial charge on any atom is 0.525 e. The highest BCUT2D eigenvalue weighted by Crippen LogP contribution is 2.29. The summed E-state index contributed by atoms with van der Waals surface area (Å²) in [5.41, 5.74) is 0.239. The van der Waals surface area contributed by atoms with E-state index in [4.69, 9.17) is 26.6 Å². The number of benzene rings is 1. The van der Waals surface area contributed by atoms with Crippen molar-refractivity contribution in [1.82, 2.24) is 9.80 Å². The topological polar surface area (TPSA) is 147 Å². The highest BCUT2D eigenvalue weighted by Gasteiger charge is 2.55. The fourth-order valence-corrected chi connectivity index (χ4v) is 10.5. The molecule has 0 N–H and O–H groups in total. The van der Waals surface area contributed by atoms with Gasteiger partial charge in [-0.05, 0) is 73.9 Å². The van der Waals surface area contributed by atoms with Gasteiger partial charge in [-0.25, -0.2) is 0 Å². The largest absolute Gasteiger partial charge is 0.525 e. The maximum absolute atomic E-state index is 12.7. The van der Waals surface area contributed by atoms with Crippen LogP contribution >= 0.6 is 0 Å². The molecule has 0 bridgehead atoms. The number of carbonyl (C=O) groups excluding carboxylic acids is 5. The van der Waals surface area contributed by atoms with E-state index in [1.54, 1.807) is 38.1 Å². The first-order valence-electron chi connectivity index (χ1n) is 18.0. The molecular weight excluding hydrogens is 681 g/mol. The van der Waals surface area contributed by atoms with Gasteiger partial charge < -0.3 is 31.4 Å². The number of likely N-dealkylation sites (tertiary alicyclic amines) is 1. The molecule has 1 saturated heterocycles. The highest BCUT2D eigenvalue weighted by molar-refractivity contribution is 6.63. The minimum Gasteiger partial charge on any atom is -0.374 e. The second-order valence-corrected chi connectivity index (χ2v) is 16.4. The summed E-state index contributed by atoms with van der Waals surface area (Å²) in [6, 6.07) is 7.27. The average molecular weight is 743 g/mol. The van der Waals surface area contributed by atoms with Crippen molar-refractivity contribution in [2.24, 2.45) is 0 Å². The van der Waals surface area contributed by atoms with Crippen LogP contribution in [0.5, 0.6) is 0 Å². The number of amides is 4. The normalized spacial score (nSPS) is 14.7. The fourth-order valence-electron chi connectivity index (χ4n) is 5.28. The zero-order chi connectivity index (χ0) is 38.3. The molecule has 0 saturated carbocycles. The van der Waals surface area contributed by atoms with Crippen LogP contribution in [0.4, 0.5) is 0 Å². The zero-order valence-electron chi connectivity index (χ0n) is 32.3. The summed E-state index contributed by atoms with van der Waals surface area (Å²) < 4.78 is 34.5. The Balaban J connectivity index is 0.000000802. The molecule has 3 rings (SSSR count). The van der Waals surface area contributed by atoms with E-state index in [0.717, 1.165) is 12.8 Å². The van der Waals surface area contributed by atoms with Gasteiger partial charge in [0.15, 0.2) is 0 Å². The minimum atomic E-state index is -3.20.